The number of aromatic carboxylic acids is 1. The molecule has 0 spiro atoms. The standard InChI is InChI=1S/C9H13N3O5/c1-12(2-3-13)4-5-6(8(15)16)10-9(17)11-7(5)14/h13H,2-4H2,1H3,(H,15,16)(H2,10,11,14,17). The van der Waals surface area contributed by atoms with Crippen LogP contribution < -0.4 is 11.2 Å². The minimum atomic E-state index is -1.37. The number of aromatic amines is 2. The number of carbonyl (C=O) groups is 1. The van der Waals surface area contributed by atoms with Crippen molar-refractivity contribution in [1.82, 2.24) is 14.9 Å². The lowest BCUT2D eigenvalue weighted by molar-refractivity contribution is 0.0687. The van der Waals surface area contributed by atoms with Crippen LogP contribution in [0.2, 0.25) is 0 Å². The van der Waals surface area contributed by atoms with Crippen LogP contribution in [0.5, 0.6) is 0 Å². The summed E-state index contributed by atoms with van der Waals surface area (Å²) in [4.78, 5) is 38.9. The van der Waals surface area contributed by atoms with Gasteiger partial charge in [0.2, 0.25) is 0 Å². The first-order chi connectivity index (χ1) is 7.95. The number of H-pyrrole nitrogens is 2. The van der Waals surface area contributed by atoms with Crippen LogP contribution in [-0.4, -0.2) is 51.2 Å². The van der Waals surface area contributed by atoms with Gasteiger partial charge in [-0.15, -0.1) is 0 Å². The molecule has 1 rings (SSSR count). The molecule has 4 N–H and O–H groups in total. The van der Waals surface area contributed by atoms with Crippen LogP contribution in [0.1, 0.15) is 16.1 Å². The molecule has 0 fully saturated rings. The van der Waals surface area contributed by atoms with Gasteiger partial charge in [0, 0.05) is 13.1 Å². The molecule has 0 aromatic carbocycles. The molecule has 0 bridgehead atoms. The molecule has 0 saturated heterocycles. The van der Waals surface area contributed by atoms with Crippen molar-refractivity contribution < 1.29 is 15.0 Å². The van der Waals surface area contributed by atoms with Crippen molar-refractivity contribution in [3.8, 4) is 0 Å². The highest BCUT2D eigenvalue weighted by Gasteiger charge is 2.16. The van der Waals surface area contributed by atoms with Crippen molar-refractivity contribution in [2.24, 2.45) is 0 Å². The largest absolute Gasteiger partial charge is 0.477 e. The number of carboxylic acid groups (broad SMARTS) is 1. The van der Waals surface area contributed by atoms with Gasteiger partial charge in [0.25, 0.3) is 5.56 Å². The molecule has 0 aliphatic rings. The fourth-order valence-corrected chi connectivity index (χ4v) is 1.37. The van der Waals surface area contributed by atoms with Gasteiger partial charge in [-0.1, -0.05) is 0 Å². The highest BCUT2D eigenvalue weighted by molar-refractivity contribution is 5.86. The third-order valence-electron chi connectivity index (χ3n) is 2.17. The van der Waals surface area contributed by atoms with Crippen LogP contribution in [0, 0.1) is 0 Å². The second kappa shape index (κ2) is 5.41. The molecular formula is C9H13N3O5. The van der Waals surface area contributed by atoms with Crippen LogP contribution in [0.4, 0.5) is 0 Å². The molecule has 94 valence electrons. The second-order valence-electron chi connectivity index (χ2n) is 3.53. The molecule has 8 heteroatoms. The Kier molecular flexibility index (Phi) is 4.18. The molecule has 0 amide bonds. The SMILES string of the molecule is CN(CCO)Cc1c(C(=O)O)[nH]c(=O)[nH]c1=O. The lowest BCUT2D eigenvalue weighted by atomic mass is 10.2. The highest BCUT2D eigenvalue weighted by Crippen LogP contribution is 2.01. The van der Waals surface area contributed by atoms with E-state index in [0.717, 1.165) is 0 Å². The number of rotatable bonds is 5. The van der Waals surface area contributed by atoms with Gasteiger partial charge in [-0.25, -0.2) is 9.59 Å². The van der Waals surface area contributed by atoms with Crippen molar-refractivity contribution in [2.75, 3.05) is 20.2 Å². The number of nitrogens with one attached hydrogen (secondary N) is 2. The fourth-order valence-electron chi connectivity index (χ4n) is 1.37. The van der Waals surface area contributed by atoms with Crippen molar-refractivity contribution in [1.29, 1.82) is 0 Å². The van der Waals surface area contributed by atoms with E-state index in [2.05, 4.69) is 4.98 Å². The summed E-state index contributed by atoms with van der Waals surface area (Å²) < 4.78 is 0. The molecule has 0 radical (unpaired) electrons. The summed E-state index contributed by atoms with van der Waals surface area (Å²) in [6.45, 7) is 0.200. The monoisotopic (exact) mass is 243 g/mol. The average Bonchev–Trinajstić information content (AvgIpc) is 2.21. The molecule has 0 aliphatic heterocycles. The Morgan fingerprint density at radius 3 is 2.53 bits per heavy atom. The molecular weight excluding hydrogens is 230 g/mol. The highest BCUT2D eigenvalue weighted by atomic mass is 16.4. The summed E-state index contributed by atoms with van der Waals surface area (Å²) in [5, 5.41) is 17.6. The Labute approximate surface area is 95.5 Å². The maximum atomic E-state index is 11.5. The van der Waals surface area contributed by atoms with Crippen molar-refractivity contribution >= 4 is 5.97 Å². The van der Waals surface area contributed by atoms with Gasteiger partial charge in [-0.05, 0) is 7.05 Å². The van der Waals surface area contributed by atoms with Crippen molar-refractivity contribution in [3.05, 3.63) is 32.1 Å². The second-order valence-corrected chi connectivity index (χ2v) is 3.53. The van der Waals surface area contributed by atoms with E-state index >= 15 is 0 Å². The Morgan fingerprint density at radius 2 is 2.00 bits per heavy atom. The van der Waals surface area contributed by atoms with E-state index in [1.54, 1.807) is 11.9 Å². The van der Waals surface area contributed by atoms with Gasteiger partial charge >= 0.3 is 11.7 Å². The zero-order valence-electron chi connectivity index (χ0n) is 9.19. The van der Waals surface area contributed by atoms with E-state index in [1.165, 1.54) is 0 Å². The summed E-state index contributed by atoms with van der Waals surface area (Å²) in [7, 11) is 1.62. The summed E-state index contributed by atoms with van der Waals surface area (Å²) in [6, 6.07) is 0. The number of aliphatic hydroxyl groups excluding tert-OH is 1. The van der Waals surface area contributed by atoms with Gasteiger partial charge in [0.15, 0.2) is 0 Å². The van der Waals surface area contributed by atoms with Crippen molar-refractivity contribution in [2.45, 2.75) is 6.54 Å². The van der Waals surface area contributed by atoms with Crippen LogP contribution in [-0.2, 0) is 6.54 Å². The normalized spacial score (nSPS) is 10.8. The van der Waals surface area contributed by atoms with Crippen LogP contribution in [0.15, 0.2) is 9.59 Å². The van der Waals surface area contributed by atoms with Crippen LogP contribution in [0.25, 0.3) is 0 Å². The fraction of sp³-hybridized carbons (Fsp3) is 0.444. The maximum absolute atomic E-state index is 11.5. The Balaban J connectivity index is 3.17. The Hall–Kier alpha value is -1.93. The lowest BCUT2D eigenvalue weighted by Crippen LogP contribution is -2.33. The number of aromatic nitrogens is 2. The molecule has 0 unspecified atom stereocenters. The van der Waals surface area contributed by atoms with E-state index in [1.807, 2.05) is 4.98 Å². The van der Waals surface area contributed by atoms with Gasteiger partial charge in [0.05, 0.1) is 12.2 Å². The number of aliphatic hydroxyl groups is 1. The minimum absolute atomic E-state index is 0.0221. The van der Waals surface area contributed by atoms with Crippen LogP contribution in [0.3, 0.4) is 0 Å². The van der Waals surface area contributed by atoms with Gasteiger partial charge in [-0.2, -0.15) is 0 Å². The summed E-state index contributed by atoms with van der Waals surface area (Å²) >= 11 is 0. The number of nitrogens with zero attached hydrogens (tertiary/aromatic N) is 1. The number of carboxylic acids is 1. The van der Waals surface area contributed by atoms with Gasteiger partial charge in [0.1, 0.15) is 5.69 Å². The number of hydrogen-bond acceptors (Lipinski definition) is 5. The first-order valence-corrected chi connectivity index (χ1v) is 4.84. The molecule has 17 heavy (non-hydrogen) atoms. The Bertz CT molecular complexity index is 518. The van der Waals surface area contributed by atoms with E-state index in [-0.39, 0.29) is 25.3 Å². The van der Waals surface area contributed by atoms with Gasteiger partial charge in [-0.3, -0.25) is 14.7 Å². The van der Waals surface area contributed by atoms with E-state index in [4.69, 9.17) is 10.2 Å². The van der Waals surface area contributed by atoms with Crippen LogP contribution >= 0.6 is 0 Å². The molecule has 0 saturated carbocycles. The summed E-state index contributed by atoms with van der Waals surface area (Å²) in [5.74, 6) is -1.37. The predicted molar refractivity (Wildman–Crippen MR) is 58.1 cm³/mol. The van der Waals surface area contributed by atoms with Crippen molar-refractivity contribution in [3.63, 3.8) is 0 Å². The quantitative estimate of drug-likeness (QED) is 0.482. The smallest absolute Gasteiger partial charge is 0.352 e. The first-order valence-electron chi connectivity index (χ1n) is 4.84. The zero-order chi connectivity index (χ0) is 13.0. The predicted octanol–water partition coefficient (Wildman–Crippen LogP) is -1.81. The molecule has 0 atom stereocenters. The molecule has 1 aromatic rings. The number of likely N-dealkylation sites (N-methyl/N-ethyl adjacent to an activating group) is 1. The third-order valence-corrected chi connectivity index (χ3v) is 2.17. The zero-order valence-corrected chi connectivity index (χ0v) is 9.19. The molecule has 8 nitrogen and oxygen atoms in total. The van der Waals surface area contributed by atoms with Gasteiger partial charge < -0.3 is 15.2 Å². The average molecular weight is 243 g/mol. The summed E-state index contributed by atoms with van der Waals surface area (Å²) in [5.41, 5.74) is -2.08. The molecule has 1 aromatic heterocycles. The van der Waals surface area contributed by atoms with E-state index in [9.17, 15) is 14.4 Å². The lowest BCUT2D eigenvalue weighted by Gasteiger charge is -2.15. The third kappa shape index (κ3) is 3.26. The number of hydrogen-bond donors (Lipinski definition) is 4. The topological polar surface area (TPSA) is 126 Å². The molecule has 1 heterocycles. The Morgan fingerprint density at radius 1 is 1.35 bits per heavy atom. The molecule has 0 aliphatic carbocycles. The van der Waals surface area contributed by atoms with E-state index in [0.29, 0.717) is 0 Å². The summed E-state index contributed by atoms with van der Waals surface area (Å²) in [6.07, 6.45) is 0. The van der Waals surface area contributed by atoms with E-state index < -0.39 is 22.9 Å². The maximum Gasteiger partial charge on any atom is 0.352 e. The first kappa shape index (κ1) is 13.1. The minimum Gasteiger partial charge on any atom is -0.477 e.